The van der Waals surface area contributed by atoms with E-state index in [2.05, 4.69) is 31.2 Å². The first-order chi connectivity index (χ1) is 11.0. The van der Waals surface area contributed by atoms with Crippen LogP contribution in [0.5, 0.6) is 0 Å². The van der Waals surface area contributed by atoms with Gasteiger partial charge in [-0.3, -0.25) is 4.79 Å². The summed E-state index contributed by atoms with van der Waals surface area (Å²) in [4.78, 5) is 11.7. The molecular weight excluding hydrogens is 382 g/mol. The zero-order valence-electron chi connectivity index (χ0n) is 11.9. The number of hydrogen-bond acceptors (Lipinski definition) is 4. The number of benzene rings is 2. The molecule has 120 valence electrons. The third-order valence-corrected chi connectivity index (χ3v) is 4.69. The maximum Gasteiger partial charge on any atom is 0.255 e. The fourth-order valence-electron chi connectivity index (χ4n) is 1.61. The van der Waals surface area contributed by atoms with E-state index < -0.39 is 22.5 Å². The Kier molecular flexibility index (Phi) is 6.03. The highest BCUT2D eigenvalue weighted by atomic mass is 79.9. The summed E-state index contributed by atoms with van der Waals surface area (Å²) in [5, 5.41) is 3.77. The van der Waals surface area contributed by atoms with Gasteiger partial charge in [0.1, 0.15) is 0 Å². The number of hydrazone groups is 1. The first-order valence-corrected chi connectivity index (χ1v) is 8.87. The number of sulfonamides is 1. The van der Waals surface area contributed by atoms with E-state index in [-0.39, 0.29) is 4.90 Å². The zero-order valence-corrected chi connectivity index (χ0v) is 14.3. The van der Waals surface area contributed by atoms with Crippen LogP contribution in [0, 0.1) is 0 Å². The zero-order chi connectivity index (χ0) is 16.7. The maximum absolute atomic E-state index is 11.9. The fraction of sp³-hybridized carbons (Fsp3) is 0.0667. The van der Waals surface area contributed by atoms with E-state index in [9.17, 15) is 13.2 Å². The average molecular weight is 396 g/mol. The molecule has 0 saturated carbocycles. The van der Waals surface area contributed by atoms with Crippen LogP contribution in [0.4, 0.5) is 0 Å². The highest BCUT2D eigenvalue weighted by Crippen LogP contribution is 2.09. The lowest BCUT2D eigenvalue weighted by atomic mass is 10.2. The standard InChI is InChI=1S/C15H14BrN3O3S/c16-13-8-6-12(7-9-13)10-17-19-15(20)11-18-23(21,22)14-4-2-1-3-5-14/h1-10,18H,11H2,(H,19,20)/b17-10+. The highest BCUT2D eigenvalue weighted by molar-refractivity contribution is 9.10. The second kappa shape index (κ2) is 8.00. The Balaban J connectivity index is 1.84. The molecule has 0 fully saturated rings. The molecule has 2 rings (SSSR count). The van der Waals surface area contributed by atoms with E-state index in [0.29, 0.717) is 0 Å². The van der Waals surface area contributed by atoms with Crippen molar-refractivity contribution >= 4 is 38.1 Å². The minimum Gasteiger partial charge on any atom is -0.272 e. The van der Waals surface area contributed by atoms with Crippen LogP contribution < -0.4 is 10.1 Å². The number of hydrogen-bond donors (Lipinski definition) is 2. The van der Waals surface area contributed by atoms with Crippen LogP contribution in [-0.4, -0.2) is 27.1 Å². The van der Waals surface area contributed by atoms with Gasteiger partial charge in [0.05, 0.1) is 17.7 Å². The van der Waals surface area contributed by atoms with Gasteiger partial charge in [0, 0.05) is 4.47 Å². The van der Waals surface area contributed by atoms with E-state index in [1.54, 1.807) is 18.2 Å². The van der Waals surface area contributed by atoms with Crippen LogP contribution in [0.3, 0.4) is 0 Å². The van der Waals surface area contributed by atoms with Gasteiger partial charge in [-0.2, -0.15) is 5.10 Å². The maximum atomic E-state index is 11.9. The van der Waals surface area contributed by atoms with E-state index >= 15 is 0 Å². The molecule has 0 saturated heterocycles. The van der Waals surface area contributed by atoms with E-state index in [0.717, 1.165) is 10.0 Å². The first-order valence-electron chi connectivity index (χ1n) is 6.59. The summed E-state index contributed by atoms with van der Waals surface area (Å²) in [6.07, 6.45) is 1.47. The van der Waals surface area contributed by atoms with E-state index in [1.165, 1.54) is 18.3 Å². The van der Waals surface area contributed by atoms with Gasteiger partial charge in [-0.05, 0) is 29.8 Å². The molecule has 0 bridgehead atoms. The van der Waals surface area contributed by atoms with Crippen molar-refractivity contribution in [1.82, 2.24) is 10.1 Å². The molecular formula is C15H14BrN3O3S. The van der Waals surface area contributed by atoms with Gasteiger partial charge in [-0.1, -0.05) is 46.3 Å². The van der Waals surface area contributed by atoms with Gasteiger partial charge in [-0.15, -0.1) is 0 Å². The van der Waals surface area contributed by atoms with Crippen LogP contribution in [0.25, 0.3) is 0 Å². The Morgan fingerprint density at radius 3 is 2.39 bits per heavy atom. The van der Waals surface area contributed by atoms with Crippen LogP contribution in [0.1, 0.15) is 5.56 Å². The number of rotatable bonds is 6. The van der Waals surface area contributed by atoms with Crippen molar-refractivity contribution in [3.8, 4) is 0 Å². The van der Waals surface area contributed by atoms with Crippen molar-refractivity contribution in [1.29, 1.82) is 0 Å². The average Bonchev–Trinajstić information content (AvgIpc) is 2.56. The van der Waals surface area contributed by atoms with Crippen molar-refractivity contribution in [3.63, 3.8) is 0 Å². The third kappa shape index (κ3) is 5.59. The van der Waals surface area contributed by atoms with Crippen LogP contribution in [0.15, 0.2) is 69.1 Å². The predicted molar refractivity (Wildman–Crippen MR) is 91.5 cm³/mol. The second-order valence-corrected chi connectivity index (χ2v) is 7.16. The lowest BCUT2D eigenvalue weighted by Crippen LogP contribution is -2.34. The Morgan fingerprint density at radius 2 is 1.74 bits per heavy atom. The number of nitrogens with zero attached hydrogens (tertiary/aromatic N) is 1. The molecule has 8 heteroatoms. The molecule has 0 aromatic heterocycles. The Labute approximate surface area is 142 Å². The minimum absolute atomic E-state index is 0.103. The summed E-state index contributed by atoms with van der Waals surface area (Å²) in [5.41, 5.74) is 3.07. The van der Waals surface area contributed by atoms with Gasteiger partial charge >= 0.3 is 0 Å². The van der Waals surface area contributed by atoms with Crippen molar-refractivity contribution in [3.05, 3.63) is 64.6 Å². The summed E-state index contributed by atoms with van der Waals surface area (Å²) in [6, 6.07) is 15.2. The summed E-state index contributed by atoms with van der Waals surface area (Å²) >= 11 is 3.32. The molecule has 0 spiro atoms. The molecule has 6 nitrogen and oxygen atoms in total. The third-order valence-electron chi connectivity index (χ3n) is 2.75. The van der Waals surface area contributed by atoms with Crippen LogP contribution in [-0.2, 0) is 14.8 Å². The Morgan fingerprint density at radius 1 is 1.09 bits per heavy atom. The summed E-state index contributed by atoms with van der Waals surface area (Å²) in [7, 11) is -3.71. The van der Waals surface area contributed by atoms with Crippen LogP contribution in [0.2, 0.25) is 0 Å². The molecule has 2 N–H and O–H groups in total. The van der Waals surface area contributed by atoms with Crippen molar-refractivity contribution in [2.45, 2.75) is 4.90 Å². The van der Waals surface area contributed by atoms with Gasteiger partial charge in [-0.25, -0.2) is 18.6 Å². The highest BCUT2D eigenvalue weighted by Gasteiger charge is 2.14. The van der Waals surface area contributed by atoms with Gasteiger partial charge in [0.25, 0.3) is 5.91 Å². The van der Waals surface area contributed by atoms with Crippen molar-refractivity contribution in [2.75, 3.05) is 6.54 Å². The summed E-state index contributed by atoms with van der Waals surface area (Å²) < 4.78 is 27.0. The Bertz CT molecular complexity index is 790. The van der Waals surface area contributed by atoms with Crippen LogP contribution >= 0.6 is 15.9 Å². The molecule has 2 aromatic carbocycles. The summed E-state index contributed by atoms with van der Waals surface area (Å²) in [5.74, 6) is -0.558. The number of carbonyl (C=O) groups is 1. The van der Waals surface area contributed by atoms with Gasteiger partial charge < -0.3 is 0 Å². The lowest BCUT2D eigenvalue weighted by Gasteiger charge is -2.05. The molecule has 23 heavy (non-hydrogen) atoms. The Hall–Kier alpha value is -2.03. The number of nitrogens with one attached hydrogen (secondary N) is 2. The predicted octanol–water partition coefficient (Wildman–Crippen LogP) is 1.88. The molecule has 0 radical (unpaired) electrons. The quantitative estimate of drug-likeness (QED) is 0.577. The molecule has 1 amide bonds. The molecule has 0 aliphatic heterocycles. The van der Waals surface area contributed by atoms with Crippen molar-refractivity contribution < 1.29 is 13.2 Å². The molecule has 0 aliphatic rings. The lowest BCUT2D eigenvalue weighted by molar-refractivity contribution is -0.119. The number of carbonyl (C=O) groups excluding carboxylic acids is 1. The number of amides is 1. The van der Waals surface area contributed by atoms with Gasteiger partial charge in [0.2, 0.25) is 10.0 Å². The fourth-order valence-corrected chi connectivity index (χ4v) is 2.88. The minimum atomic E-state index is -3.71. The molecule has 2 aromatic rings. The smallest absolute Gasteiger partial charge is 0.255 e. The molecule has 0 heterocycles. The normalized spacial score (nSPS) is 11.5. The van der Waals surface area contributed by atoms with Crippen molar-refractivity contribution in [2.24, 2.45) is 5.10 Å². The molecule has 0 unspecified atom stereocenters. The molecule has 0 atom stereocenters. The monoisotopic (exact) mass is 395 g/mol. The van der Waals surface area contributed by atoms with E-state index in [1.807, 2.05) is 24.3 Å². The van der Waals surface area contributed by atoms with Gasteiger partial charge in [0.15, 0.2) is 0 Å². The number of halogens is 1. The van der Waals surface area contributed by atoms with E-state index in [4.69, 9.17) is 0 Å². The second-order valence-electron chi connectivity index (χ2n) is 4.48. The largest absolute Gasteiger partial charge is 0.272 e. The summed E-state index contributed by atoms with van der Waals surface area (Å²) in [6.45, 7) is -0.394. The topological polar surface area (TPSA) is 87.6 Å². The SMILES string of the molecule is O=C(CNS(=O)(=O)c1ccccc1)N/N=C/c1ccc(Br)cc1. The first kappa shape index (κ1) is 17.3. The molecule has 0 aliphatic carbocycles.